The number of aromatic amines is 1. The molecule has 1 aromatic heterocycles. The summed E-state index contributed by atoms with van der Waals surface area (Å²) in [6, 6.07) is 12.7. The van der Waals surface area contributed by atoms with Crippen molar-refractivity contribution < 1.29 is 19.3 Å². The fraction of sp³-hybridized carbons (Fsp3) is 0.278. The molecule has 1 N–H and O–H groups in total. The van der Waals surface area contributed by atoms with Crippen LogP contribution in [0.2, 0.25) is 0 Å². The molecule has 0 aliphatic carbocycles. The van der Waals surface area contributed by atoms with Crippen molar-refractivity contribution in [1.29, 1.82) is 0 Å². The zero-order chi connectivity index (χ0) is 16.9. The molecule has 3 rings (SSSR count). The maximum Gasteiger partial charge on any atom is 0.308 e. The number of amides is 1. The number of ether oxygens (including phenoxy) is 1. The summed E-state index contributed by atoms with van der Waals surface area (Å²) in [5.41, 5.74) is 0.536. The van der Waals surface area contributed by atoms with Crippen molar-refractivity contribution in [3.63, 3.8) is 0 Å². The number of anilines is 1. The number of nitrogens with zero attached hydrogens (tertiary/aromatic N) is 2. The Morgan fingerprint density at radius 2 is 1.83 bits per heavy atom. The first-order chi connectivity index (χ1) is 11.6. The largest absolute Gasteiger partial charge is 0.427 e. The average Bonchev–Trinajstić information content (AvgIpc) is 2.62. The van der Waals surface area contributed by atoms with Crippen LogP contribution in [0.3, 0.4) is 0 Å². The number of carbonyl (C=O) groups is 2. The van der Waals surface area contributed by atoms with Crippen LogP contribution < -0.4 is 14.6 Å². The van der Waals surface area contributed by atoms with E-state index in [0.717, 1.165) is 18.9 Å². The molecule has 1 aliphatic heterocycles. The Morgan fingerprint density at radius 3 is 2.50 bits per heavy atom. The number of hydrogen-bond acceptors (Lipinski definition) is 4. The Kier molecular flexibility index (Phi) is 4.74. The van der Waals surface area contributed by atoms with Gasteiger partial charge in [-0.2, -0.15) is 0 Å². The molecule has 0 atom stereocenters. The second-order valence-corrected chi connectivity index (χ2v) is 5.65. The quantitative estimate of drug-likeness (QED) is 0.631. The molecule has 0 spiro atoms. The van der Waals surface area contributed by atoms with Crippen LogP contribution in [0.4, 0.5) is 5.82 Å². The number of aromatic nitrogens is 1. The highest BCUT2D eigenvalue weighted by Gasteiger charge is 2.26. The first-order valence-corrected chi connectivity index (χ1v) is 7.93. The summed E-state index contributed by atoms with van der Waals surface area (Å²) in [7, 11) is 0. The maximum absolute atomic E-state index is 12.6. The van der Waals surface area contributed by atoms with Gasteiger partial charge >= 0.3 is 5.97 Å². The molecule has 1 saturated heterocycles. The van der Waals surface area contributed by atoms with Crippen molar-refractivity contribution in [1.82, 2.24) is 4.90 Å². The van der Waals surface area contributed by atoms with Gasteiger partial charge in [-0.05, 0) is 24.3 Å². The molecule has 1 amide bonds. The number of H-pyrrole nitrogens is 1. The Labute approximate surface area is 140 Å². The Balaban J connectivity index is 1.64. The second-order valence-electron chi connectivity index (χ2n) is 5.65. The van der Waals surface area contributed by atoms with E-state index in [1.54, 1.807) is 24.3 Å². The zero-order valence-electron chi connectivity index (χ0n) is 13.6. The van der Waals surface area contributed by atoms with Crippen molar-refractivity contribution in [2.24, 2.45) is 0 Å². The van der Waals surface area contributed by atoms with Crippen molar-refractivity contribution in [2.75, 3.05) is 31.1 Å². The summed E-state index contributed by atoms with van der Waals surface area (Å²) in [6.45, 7) is 4.19. The average molecular weight is 326 g/mol. The summed E-state index contributed by atoms with van der Waals surface area (Å²) in [6.07, 6.45) is 1.90. The lowest BCUT2D eigenvalue weighted by molar-refractivity contribution is -0.364. The van der Waals surface area contributed by atoms with Crippen molar-refractivity contribution in [2.45, 2.75) is 6.92 Å². The van der Waals surface area contributed by atoms with Crippen LogP contribution in [0, 0.1) is 0 Å². The fourth-order valence-electron chi connectivity index (χ4n) is 2.77. The minimum Gasteiger partial charge on any atom is -0.427 e. The van der Waals surface area contributed by atoms with E-state index in [1.807, 2.05) is 29.3 Å². The molecule has 6 heteroatoms. The van der Waals surface area contributed by atoms with Gasteiger partial charge in [-0.25, -0.2) is 4.98 Å². The van der Waals surface area contributed by atoms with Crippen LogP contribution in [-0.2, 0) is 4.79 Å². The van der Waals surface area contributed by atoms with E-state index in [-0.39, 0.29) is 5.91 Å². The lowest BCUT2D eigenvalue weighted by Gasteiger charge is -2.31. The van der Waals surface area contributed by atoms with E-state index in [1.165, 1.54) is 6.92 Å². The van der Waals surface area contributed by atoms with Gasteiger partial charge in [-0.1, -0.05) is 12.1 Å². The third-order valence-electron chi connectivity index (χ3n) is 3.94. The van der Waals surface area contributed by atoms with Gasteiger partial charge in [0.2, 0.25) is 0 Å². The monoisotopic (exact) mass is 326 g/mol. The van der Waals surface area contributed by atoms with Gasteiger partial charge in [0.1, 0.15) is 18.8 Å². The summed E-state index contributed by atoms with van der Waals surface area (Å²) >= 11 is 0. The summed E-state index contributed by atoms with van der Waals surface area (Å²) in [5, 5.41) is 0. The number of pyridine rings is 1. The molecule has 1 fully saturated rings. The van der Waals surface area contributed by atoms with E-state index >= 15 is 0 Å². The Bertz CT molecular complexity index is 725. The zero-order valence-corrected chi connectivity index (χ0v) is 13.6. The number of rotatable bonds is 3. The second kappa shape index (κ2) is 7.12. The number of carbonyl (C=O) groups excluding carboxylic acids is 2. The third-order valence-corrected chi connectivity index (χ3v) is 3.94. The molecule has 0 unspecified atom stereocenters. The van der Waals surface area contributed by atoms with Crippen LogP contribution in [0.15, 0.2) is 48.7 Å². The van der Waals surface area contributed by atoms with Gasteiger partial charge in [0.15, 0.2) is 0 Å². The van der Waals surface area contributed by atoms with Gasteiger partial charge in [0, 0.05) is 18.6 Å². The molecule has 24 heavy (non-hydrogen) atoms. The van der Waals surface area contributed by atoms with Gasteiger partial charge in [0.05, 0.1) is 19.3 Å². The molecule has 0 radical (unpaired) electrons. The summed E-state index contributed by atoms with van der Waals surface area (Å²) in [5.74, 6) is 1.01. The van der Waals surface area contributed by atoms with Crippen molar-refractivity contribution >= 4 is 17.7 Å². The van der Waals surface area contributed by atoms with Gasteiger partial charge < -0.3 is 9.64 Å². The number of esters is 1. The number of piperazine rings is 1. The first kappa shape index (κ1) is 16.0. The van der Waals surface area contributed by atoms with Gasteiger partial charge in [0.25, 0.3) is 11.7 Å². The van der Waals surface area contributed by atoms with E-state index in [0.29, 0.717) is 24.4 Å². The van der Waals surface area contributed by atoms with Crippen molar-refractivity contribution in [3.05, 3.63) is 54.2 Å². The molecule has 1 aliphatic rings. The number of benzene rings is 1. The minimum absolute atomic E-state index is 0.0410. The summed E-state index contributed by atoms with van der Waals surface area (Å²) in [4.78, 5) is 30.9. The highest BCUT2D eigenvalue weighted by atomic mass is 16.5. The normalized spacial score (nSPS) is 14.4. The van der Waals surface area contributed by atoms with E-state index in [2.05, 4.69) is 9.88 Å². The van der Waals surface area contributed by atoms with Crippen LogP contribution >= 0.6 is 0 Å². The van der Waals surface area contributed by atoms with Crippen molar-refractivity contribution in [3.8, 4) is 5.75 Å². The lowest BCUT2D eigenvalue weighted by atomic mass is 10.1. The first-order valence-electron chi connectivity index (χ1n) is 7.93. The van der Waals surface area contributed by atoms with Crippen LogP contribution in [0.1, 0.15) is 17.3 Å². The predicted octanol–water partition coefficient (Wildman–Crippen LogP) is 1.39. The molecule has 6 nitrogen and oxygen atoms in total. The molecule has 2 heterocycles. The van der Waals surface area contributed by atoms with Crippen LogP contribution in [0.25, 0.3) is 0 Å². The summed E-state index contributed by atoms with van der Waals surface area (Å²) < 4.78 is 5.05. The standard InChI is InChI=1S/C18H19N3O3/c1-14(22)24-16-6-4-5-15(13-16)18(23)21-11-9-20(10-12-21)17-7-2-3-8-19-17/h2-8,13H,9-12H2,1H3/p+1. The molecular weight excluding hydrogens is 306 g/mol. The highest BCUT2D eigenvalue weighted by molar-refractivity contribution is 5.95. The van der Waals surface area contributed by atoms with Gasteiger partial charge in [-0.15, -0.1) is 0 Å². The topological polar surface area (TPSA) is 64.0 Å². The lowest BCUT2D eigenvalue weighted by Crippen LogP contribution is -2.50. The smallest absolute Gasteiger partial charge is 0.308 e. The number of nitrogens with one attached hydrogen (secondary N) is 1. The Hall–Kier alpha value is -2.89. The molecule has 2 aromatic rings. The van der Waals surface area contributed by atoms with E-state index in [4.69, 9.17) is 4.74 Å². The van der Waals surface area contributed by atoms with E-state index < -0.39 is 5.97 Å². The molecule has 0 saturated carbocycles. The molecule has 0 bridgehead atoms. The minimum atomic E-state index is -0.396. The Morgan fingerprint density at radius 1 is 1.04 bits per heavy atom. The molecule has 124 valence electrons. The molecule has 1 aromatic carbocycles. The van der Waals surface area contributed by atoms with Crippen LogP contribution in [0.5, 0.6) is 5.75 Å². The maximum atomic E-state index is 12.6. The highest BCUT2D eigenvalue weighted by Crippen LogP contribution is 2.17. The number of hydrogen-bond donors (Lipinski definition) is 0. The molecular formula is C18H20N3O3+. The van der Waals surface area contributed by atoms with Crippen LogP contribution in [-0.4, -0.2) is 43.0 Å². The van der Waals surface area contributed by atoms with Gasteiger partial charge in [-0.3, -0.25) is 14.5 Å². The SMILES string of the molecule is CC(=O)Oc1cccc(C(=O)N2CCN(c3cccc[nH+]3)CC2)c1. The van der Waals surface area contributed by atoms with E-state index in [9.17, 15) is 9.59 Å². The predicted molar refractivity (Wildman–Crippen MR) is 88.9 cm³/mol. The fourth-order valence-corrected chi connectivity index (χ4v) is 2.77. The third kappa shape index (κ3) is 3.71.